The number of unbranched alkanes of at least 4 members (excludes halogenated alkanes) is 2. The number of aliphatic hydroxyl groups excluding tert-OH is 1. The highest BCUT2D eigenvalue weighted by Gasteiger charge is 2.27. The van der Waals surface area contributed by atoms with Crippen LogP contribution in [0.2, 0.25) is 0 Å². The van der Waals surface area contributed by atoms with Gasteiger partial charge in [-0.15, -0.1) is 11.3 Å². The number of aryl methyl sites for hydroxylation is 1. The first kappa shape index (κ1) is 20.8. The van der Waals surface area contributed by atoms with Crippen molar-refractivity contribution >= 4 is 27.3 Å². The lowest BCUT2D eigenvalue weighted by Crippen LogP contribution is -2.08. The van der Waals surface area contributed by atoms with Gasteiger partial charge in [-0.25, -0.2) is 0 Å². The summed E-state index contributed by atoms with van der Waals surface area (Å²) >= 11 is 5.61. The quantitative estimate of drug-likeness (QED) is 0.369. The zero-order valence-electron chi connectivity index (χ0n) is 16.2. The molecule has 0 spiro atoms. The zero-order chi connectivity index (χ0) is 19.1. The van der Waals surface area contributed by atoms with E-state index >= 15 is 0 Å². The highest BCUT2D eigenvalue weighted by molar-refractivity contribution is 9.11. The van der Waals surface area contributed by atoms with E-state index in [4.69, 9.17) is 0 Å². The average molecular weight is 447 g/mol. The molecule has 0 radical (unpaired) electrons. The van der Waals surface area contributed by atoms with Crippen LogP contribution in [-0.4, -0.2) is 5.11 Å². The Morgan fingerprint density at radius 2 is 1.96 bits per heavy atom. The molecule has 1 heterocycles. The maximum atomic E-state index is 10.4. The van der Waals surface area contributed by atoms with Crippen molar-refractivity contribution in [2.24, 2.45) is 5.92 Å². The molecule has 2 unspecified atom stereocenters. The van der Waals surface area contributed by atoms with Crippen LogP contribution in [0, 0.1) is 5.92 Å². The summed E-state index contributed by atoms with van der Waals surface area (Å²) in [6.07, 6.45) is 11.3. The van der Waals surface area contributed by atoms with Crippen molar-refractivity contribution in [3.8, 4) is 0 Å². The van der Waals surface area contributed by atoms with Gasteiger partial charge in [-0.05, 0) is 65.1 Å². The standard InChI is InChI=1S/C24H31BrOS/c1-2-3-4-10-24(26)19-13-11-18(12-14-19)23-17-21(25)16-20(23)7-5-8-22-9-6-15-27-22/h6,9,11-15,17,20,23-24,26H,2-5,7-8,10,16H2,1H3/t20-,23?,24?/m0/s1. The largest absolute Gasteiger partial charge is 0.388 e. The summed E-state index contributed by atoms with van der Waals surface area (Å²) in [5.41, 5.74) is 2.44. The van der Waals surface area contributed by atoms with Crippen LogP contribution in [0.15, 0.2) is 52.3 Å². The summed E-state index contributed by atoms with van der Waals surface area (Å²) in [7, 11) is 0. The number of hydrogen-bond acceptors (Lipinski definition) is 2. The molecular formula is C24H31BrOS. The molecule has 146 valence electrons. The maximum absolute atomic E-state index is 10.4. The molecule has 3 rings (SSSR count). The van der Waals surface area contributed by atoms with Gasteiger partial charge in [-0.1, -0.05) is 78.5 Å². The molecule has 27 heavy (non-hydrogen) atoms. The van der Waals surface area contributed by atoms with E-state index in [0.717, 1.165) is 24.8 Å². The summed E-state index contributed by atoms with van der Waals surface area (Å²) in [5.74, 6) is 1.17. The first-order valence-corrected chi connectivity index (χ1v) is 12.0. The predicted octanol–water partition coefficient (Wildman–Crippen LogP) is 7.77. The summed E-state index contributed by atoms with van der Waals surface area (Å²) in [5, 5.41) is 12.6. The molecular weight excluding hydrogens is 416 g/mol. The Morgan fingerprint density at radius 1 is 1.15 bits per heavy atom. The van der Waals surface area contributed by atoms with Crippen molar-refractivity contribution in [2.75, 3.05) is 0 Å². The second kappa shape index (κ2) is 10.6. The number of thiophene rings is 1. The van der Waals surface area contributed by atoms with Gasteiger partial charge in [0.2, 0.25) is 0 Å². The number of hydrogen-bond donors (Lipinski definition) is 1. The fourth-order valence-electron chi connectivity index (χ4n) is 4.11. The molecule has 0 aliphatic heterocycles. The molecule has 2 aromatic rings. The zero-order valence-corrected chi connectivity index (χ0v) is 18.6. The lowest BCUT2D eigenvalue weighted by Gasteiger charge is -2.20. The Morgan fingerprint density at radius 3 is 2.67 bits per heavy atom. The van der Waals surface area contributed by atoms with E-state index < -0.39 is 0 Å². The second-order valence-corrected chi connectivity index (χ2v) is 9.80. The van der Waals surface area contributed by atoms with Crippen LogP contribution in [0.5, 0.6) is 0 Å². The number of halogens is 1. The molecule has 0 amide bonds. The smallest absolute Gasteiger partial charge is 0.0790 e. The normalized spacial score (nSPS) is 20.6. The summed E-state index contributed by atoms with van der Waals surface area (Å²) in [4.78, 5) is 1.50. The van der Waals surface area contributed by atoms with E-state index in [0.29, 0.717) is 11.8 Å². The Hall–Kier alpha value is -0.900. The molecule has 3 heteroatoms. The third-order valence-electron chi connectivity index (χ3n) is 5.69. The molecule has 0 saturated carbocycles. The van der Waals surface area contributed by atoms with Crippen molar-refractivity contribution in [1.29, 1.82) is 0 Å². The van der Waals surface area contributed by atoms with Crippen LogP contribution in [0.3, 0.4) is 0 Å². The third kappa shape index (κ3) is 6.04. The molecule has 3 atom stereocenters. The Balaban J connectivity index is 1.57. The fraction of sp³-hybridized carbons (Fsp3) is 0.500. The minimum Gasteiger partial charge on any atom is -0.388 e. The van der Waals surface area contributed by atoms with Gasteiger partial charge in [0.1, 0.15) is 0 Å². The first-order chi connectivity index (χ1) is 13.2. The lowest BCUT2D eigenvalue weighted by molar-refractivity contribution is 0.163. The lowest BCUT2D eigenvalue weighted by atomic mass is 9.84. The predicted molar refractivity (Wildman–Crippen MR) is 121 cm³/mol. The van der Waals surface area contributed by atoms with Gasteiger partial charge in [-0.3, -0.25) is 0 Å². The minimum absolute atomic E-state index is 0.321. The molecule has 1 aromatic carbocycles. The second-order valence-electron chi connectivity index (χ2n) is 7.75. The van der Waals surface area contributed by atoms with Crippen molar-refractivity contribution in [3.63, 3.8) is 0 Å². The number of rotatable bonds is 10. The van der Waals surface area contributed by atoms with Gasteiger partial charge in [0, 0.05) is 10.8 Å². The molecule has 1 N–H and O–H groups in total. The minimum atomic E-state index is -0.321. The highest BCUT2D eigenvalue weighted by atomic mass is 79.9. The van der Waals surface area contributed by atoms with Gasteiger partial charge in [0.25, 0.3) is 0 Å². The van der Waals surface area contributed by atoms with E-state index in [2.05, 4.69) is 70.7 Å². The van der Waals surface area contributed by atoms with Crippen molar-refractivity contribution in [3.05, 3.63) is 68.3 Å². The van der Waals surface area contributed by atoms with Crippen LogP contribution < -0.4 is 0 Å². The maximum Gasteiger partial charge on any atom is 0.0790 e. The number of aliphatic hydroxyl groups is 1. The van der Waals surface area contributed by atoms with Crippen LogP contribution in [0.4, 0.5) is 0 Å². The topological polar surface area (TPSA) is 20.2 Å². The summed E-state index contributed by atoms with van der Waals surface area (Å²) in [6, 6.07) is 13.1. The van der Waals surface area contributed by atoms with Gasteiger partial charge in [0.05, 0.1) is 6.10 Å². The first-order valence-electron chi connectivity index (χ1n) is 10.3. The molecule has 1 nitrogen and oxygen atoms in total. The van der Waals surface area contributed by atoms with E-state index in [9.17, 15) is 5.11 Å². The van der Waals surface area contributed by atoms with Crippen molar-refractivity contribution in [2.45, 2.75) is 70.3 Å². The number of benzene rings is 1. The van der Waals surface area contributed by atoms with Crippen LogP contribution in [0.1, 0.15) is 79.9 Å². The van der Waals surface area contributed by atoms with E-state index in [-0.39, 0.29) is 6.10 Å². The third-order valence-corrected chi connectivity index (χ3v) is 7.22. The molecule has 1 aliphatic carbocycles. The van der Waals surface area contributed by atoms with Crippen LogP contribution in [0.25, 0.3) is 0 Å². The fourth-order valence-corrected chi connectivity index (χ4v) is 5.57. The molecule has 0 bridgehead atoms. The average Bonchev–Trinajstić information content (AvgIpc) is 3.32. The Kier molecular flexibility index (Phi) is 8.17. The molecule has 0 saturated heterocycles. The van der Waals surface area contributed by atoms with E-state index in [1.807, 2.05) is 11.3 Å². The molecule has 1 aromatic heterocycles. The van der Waals surface area contributed by atoms with Gasteiger partial charge in [-0.2, -0.15) is 0 Å². The Bertz CT molecular complexity index is 704. The highest BCUT2D eigenvalue weighted by Crippen LogP contribution is 2.43. The van der Waals surface area contributed by atoms with Crippen molar-refractivity contribution in [1.82, 2.24) is 0 Å². The van der Waals surface area contributed by atoms with Gasteiger partial charge < -0.3 is 5.11 Å². The van der Waals surface area contributed by atoms with Gasteiger partial charge in [0.15, 0.2) is 0 Å². The van der Waals surface area contributed by atoms with E-state index in [1.54, 1.807) is 0 Å². The molecule has 0 fully saturated rings. The number of allylic oxidation sites excluding steroid dienone is 2. The SMILES string of the molecule is CCCCCC(O)c1ccc(C2C=C(Br)C[C@@H]2CCCc2cccs2)cc1. The van der Waals surface area contributed by atoms with Crippen LogP contribution >= 0.6 is 27.3 Å². The Labute approximate surface area is 176 Å². The monoisotopic (exact) mass is 446 g/mol. The van der Waals surface area contributed by atoms with Gasteiger partial charge >= 0.3 is 0 Å². The summed E-state index contributed by atoms with van der Waals surface area (Å²) < 4.78 is 1.34. The van der Waals surface area contributed by atoms with E-state index in [1.165, 1.54) is 47.0 Å². The summed E-state index contributed by atoms with van der Waals surface area (Å²) in [6.45, 7) is 2.20. The molecule has 1 aliphatic rings. The van der Waals surface area contributed by atoms with Crippen molar-refractivity contribution < 1.29 is 5.11 Å². The van der Waals surface area contributed by atoms with Crippen LogP contribution in [-0.2, 0) is 6.42 Å².